The van der Waals surface area contributed by atoms with Crippen molar-refractivity contribution in [3.05, 3.63) is 54.2 Å². The summed E-state index contributed by atoms with van der Waals surface area (Å²) in [6.45, 7) is 0.785. The predicted octanol–water partition coefficient (Wildman–Crippen LogP) is 3.78. The van der Waals surface area contributed by atoms with Crippen molar-refractivity contribution in [2.24, 2.45) is 0 Å². The maximum atomic E-state index is 4.62. The Labute approximate surface area is 119 Å². The van der Waals surface area contributed by atoms with Gasteiger partial charge in [-0.1, -0.05) is 41.7 Å². The van der Waals surface area contributed by atoms with Gasteiger partial charge in [0.05, 0.1) is 21.9 Å². The zero-order valence-electron chi connectivity index (χ0n) is 10.6. The Kier molecular flexibility index (Phi) is 2.63. The van der Waals surface area contributed by atoms with Gasteiger partial charge in [0.1, 0.15) is 0 Å². The first-order valence-corrected chi connectivity index (χ1v) is 7.22. The van der Waals surface area contributed by atoms with Crippen molar-refractivity contribution in [3.63, 3.8) is 0 Å². The lowest BCUT2D eigenvalue weighted by Crippen LogP contribution is -1.97. The number of hydrogen-bond donors (Lipinski definition) is 2. The third-order valence-electron chi connectivity index (χ3n) is 3.26. The summed E-state index contributed by atoms with van der Waals surface area (Å²) < 4.78 is 1.15. The molecule has 0 unspecified atom stereocenters. The molecule has 2 heterocycles. The van der Waals surface area contributed by atoms with E-state index < -0.39 is 0 Å². The average Bonchev–Trinajstić information content (AvgIpc) is 3.11. The molecule has 2 N–H and O–H groups in total. The van der Waals surface area contributed by atoms with Crippen LogP contribution in [0.25, 0.3) is 21.1 Å². The Hall–Kier alpha value is -2.40. The summed E-state index contributed by atoms with van der Waals surface area (Å²) in [6, 6.07) is 14.4. The van der Waals surface area contributed by atoms with Crippen LogP contribution in [0.1, 0.15) is 5.56 Å². The van der Waals surface area contributed by atoms with E-state index in [9.17, 15) is 0 Å². The van der Waals surface area contributed by atoms with Gasteiger partial charge in [0, 0.05) is 11.9 Å². The molecule has 0 amide bonds. The third-order valence-corrected chi connectivity index (χ3v) is 4.30. The monoisotopic (exact) mass is 280 g/mol. The Balaban J connectivity index is 1.67. The van der Waals surface area contributed by atoms with Crippen molar-refractivity contribution in [1.82, 2.24) is 15.2 Å². The normalized spacial score (nSPS) is 11.2. The highest BCUT2D eigenvalue weighted by atomic mass is 32.1. The van der Waals surface area contributed by atoms with Crippen LogP contribution in [0, 0.1) is 0 Å². The standard InChI is InChI=1S/C15H12N4S/c1-2-4-10(5-3-1)8-16-15-18-12-7-6-11-9-17-19-13(11)14(12)20-15/h1-7,9H,8H2,(H,16,18)(H,17,19). The fourth-order valence-electron chi connectivity index (χ4n) is 2.25. The lowest BCUT2D eigenvalue weighted by atomic mass is 10.2. The molecule has 0 aliphatic heterocycles. The highest BCUT2D eigenvalue weighted by Gasteiger charge is 2.08. The van der Waals surface area contributed by atoms with Crippen molar-refractivity contribution in [2.75, 3.05) is 5.32 Å². The first kappa shape index (κ1) is 11.4. The number of H-pyrrole nitrogens is 1. The lowest BCUT2D eigenvalue weighted by molar-refractivity contribution is 1.12. The first-order chi connectivity index (χ1) is 9.90. The van der Waals surface area contributed by atoms with Crippen LogP contribution < -0.4 is 5.32 Å². The molecule has 4 rings (SSSR count). The molecule has 0 saturated carbocycles. The van der Waals surface area contributed by atoms with Crippen LogP contribution in [0.4, 0.5) is 5.13 Å². The Morgan fingerprint density at radius 2 is 2.00 bits per heavy atom. The minimum atomic E-state index is 0.785. The number of benzene rings is 2. The molecule has 0 aliphatic rings. The maximum absolute atomic E-state index is 4.62. The molecule has 2 aromatic carbocycles. The fourth-order valence-corrected chi connectivity index (χ4v) is 3.21. The van der Waals surface area contributed by atoms with Gasteiger partial charge in [-0.25, -0.2) is 4.98 Å². The molecule has 4 aromatic rings. The van der Waals surface area contributed by atoms with E-state index in [4.69, 9.17) is 0 Å². The van der Waals surface area contributed by atoms with E-state index in [1.165, 1.54) is 5.56 Å². The molecule has 5 heteroatoms. The molecule has 0 saturated heterocycles. The molecular formula is C15H12N4S. The summed E-state index contributed by atoms with van der Waals surface area (Å²) in [4.78, 5) is 4.62. The Bertz CT molecular complexity index is 863. The van der Waals surface area contributed by atoms with E-state index in [2.05, 4.69) is 32.6 Å². The van der Waals surface area contributed by atoms with E-state index in [1.807, 2.05) is 36.5 Å². The Morgan fingerprint density at radius 1 is 1.10 bits per heavy atom. The highest BCUT2D eigenvalue weighted by Crippen LogP contribution is 2.31. The molecule has 0 spiro atoms. The largest absolute Gasteiger partial charge is 0.357 e. The summed E-state index contributed by atoms with van der Waals surface area (Å²) in [5.41, 5.74) is 3.31. The number of fused-ring (bicyclic) bond motifs is 3. The van der Waals surface area contributed by atoms with Crippen molar-refractivity contribution in [3.8, 4) is 0 Å². The molecular weight excluding hydrogens is 268 g/mol. The second-order valence-electron chi connectivity index (χ2n) is 4.61. The van der Waals surface area contributed by atoms with E-state index in [0.29, 0.717) is 0 Å². The maximum Gasteiger partial charge on any atom is 0.184 e. The average molecular weight is 280 g/mol. The zero-order valence-corrected chi connectivity index (χ0v) is 11.4. The summed E-state index contributed by atoms with van der Waals surface area (Å²) >= 11 is 1.66. The van der Waals surface area contributed by atoms with Crippen LogP contribution in [0.3, 0.4) is 0 Å². The minimum Gasteiger partial charge on any atom is -0.357 e. The van der Waals surface area contributed by atoms with Crippen LogP contribution >= 0.6 is 11.3 Å². The molecule has 4 nitrogen and oxygen atoms in total. The van der Waals surface area contributed by atoms with Crippen LogP contribution in [-0.2, 0) is 6.54 Å². The van der Waals surface area contributed by atoms with E-state index in [1.54, 1.807) is 11.3 Å². The number of anilines is 1. The highest BCUT2D eigenvalue weighted by molar-refractivity contribution is 7.23. The number of nitrogens with one attached hydrogen (secondary N) is 2. The van der Waals surface area contributed by atoms with Crippen molar-refractivity contribution in [1.29, 1.82) is 0 Å². The van der Waals surface area contributed by atoms with Gasteiger partial charge in [0.15, 0.2) is 5.13 Å². The van der Waals surface area contributed by atoms with Crippen molar-refractivity contribution < 1.29 is 0 Å². The molecule has 2 aromatic heterocycles. The number of nitrogens with zero attached hydrogens (tertiary/aromatic N) is 2. The van der Waals surface area contributed by atoms with Gasteiger partial charge < -0.3 is 5.32 Å². The Morgan fingerprint density at radius 3 is 2.90 bits per heavy atom. The number of hydrogen-bond acceptors (Lipinski definition) is 4. The van der Waals surface area contributed by atoms with Crippen molar-refractivity contribution in [2.45, 2.75) is 6.54 Å². The van der Waals surface area contributed by atoms with Crippen LogP contribution in [0.5, 0.6) is 0 Å². The van der Waals surface area contributed by atoms with Gasteiger partial charge in [-0.3, -0.25) is 5.10 Å². The van der Waals surface area contributed by atoms with Crippen LogP contribution in [0.2, 0.25) is 0 Å². The van der Waals surface area contributed by atoms with Gasteiger partial charge >= 0.3 is 0 Å². The van der Waals surface area contributed by atoms with Gasteiger partial charge in [0.25, 0.3) is 0 Å². The lowest BCUT2D eigenvalue weighted by Gasteiger charge is -2.01. The zero-order chi connectivity index (χ0) is 13.4. The summed E-state index contributed by atoms with van der Waals surface area (Å²) in [6.07, 6.45) is 1.84. The van der Waals surface area contributed by atoms with Gasteiger partial charge in [-0.15, -0.1) is 0 Å². The minimum absolute atomic E-state index is 0.785. The second kappa shape index (κ2) is 4.61. The van der Waals surface area contributed by atoms with E-state index in [0.717, 1.165) is 32.8 Å². The van der Waals surface area contributed by atoms with Crippen LogP contribution in [-0.4, -0.2) is 15.2 Å². The second-order valence-corrected chi connectivity index (χ2v) is 5.61. The van der Waals surface area contributed by atoms with Crippen LogP contribution in [0.15, 0.2) is 48.7 Å². The van der Waals surface area contributed by atoms with Crippen molar-refractivity contribution >= 4 is 37.6 Å². The summed E-state index contributed by atoms with van der Waals surface area (Å²) in [5, 5.41) is 12.6. The molecule has 20 heavy (non-hydrogen) atoms. The molecule has 0 fully saturated rings. The molecule has 0 radical (unpaired) electrons. The number of aromatic amines is 1. The summed E-state index contributed by atoms with van der Waals surface area (Å²) in [5.74, 6) is 0. The molecule has 0 bridgehead atoms. The first-order valence-electron chi connectivity index (χ1n) is 6.40. The SMILES string of the molecule is c1ccc(CNc2nc3ccc4cn[nH]c4c3s2)cc1. The summed E-state index contributed by atoms with van der Waals surface area (Å²) in [7, 11) is 0. The third kappa shape index (κ3) is 1.92. The predicted molar refractivity (Wildman–Crippen MR) is 83.0 cm³/mol. The molecule has 98 valence electrons. The number of thiazole rings is 1. The van der Waals surface area contributed by atoms with Gasteiger partial charge in [-0.05, 0) is 17.7 Å². The number of aromatic nitrogens is 3. The van der Waals surface area contributed by atoms with Gasteiger partial charge in [0.2, 0.25) is 0 Å². The smallest absolute Gasteiger partial charge is 0.184 e. The number of rotatable bonds is 3. The quantitative estimate of drug-likeness (QED) is 0.600. The van der Waals surface area contributed by atoms with E-state index in [-0.39, 0.29) is 0 Å². The van der Waals surface area contributed by atoms with E-state index >= 15 is 0 Å². The fraction of sp³-hybridized carbons (Fsp3) is 0.0667. The molecule has 0 atom stereocenters. The van der Waals surface area contributed by atoms with Gasteiger partial charge in [-0.2, -0.15) is 5.10 Å². The topological polar surface area (TPSA) is 53.6 Å². The molecule has 0 aliphatic carbocycles.